The molecular formula is C33H33FN2O6. The molecule has 218 valence electrons. The van der Waals surface area contributed by atoms with E-state index in [1.54, 1.807) is 44.6 Å². The molecule has 0 spiro atoms. The number of amides is 1. The first-order valence-corrected chi connectivity index (χ1v) is 14.0. The molecule has 1 fully saturated rings. The number of nitrogens with zero attached hydrogens (tertiary/aromatic N) is 2. The summed E-state index contributed by atoms with van der Waals surface area (Å²) < 4.78 is 36.0. The quantitative estimate of drug-likeness (QED) is 0.144. The van der Waals surface area contributed by atoms with Gasteiger partial charge in [0.15, 0.2) is 28.8 Å². The van der Waals surface area contributed by atoms with Crippen molar-refractivity contribution in [2.24, 2.45) is 4.99 Å². The normalized spacial score (nSPS) is 15.7. The second kappa shape index (κ2) is 13.3. The van der Waals surface area contributed by atoms with E-state index >= 15 is 0 Å². The van der Waals surface area contributed by atoms with E-state index in [4.69, 9.17) is 18.9 Å². The summed E-state index contributed by atoms with van der Waals surface area (Å²) in [6.45, 7) is 1.63. The number of rotatable bonds is 12. The molecule has 0 aromatic heterocycles. The van der Waals surface area contributed by atoms with Crippen molar-refractivity contribution in [3.8, 4) is 23.0 Å². The molecule has 0 N–H and O–H groups in total. The van der Waals surface area contributed by atoms with Crippen LogP contribution in [0.25, 0.3) is 6.08 Å². The molecule has 3 aromatic rings. The average Bonchev–Trinajstić information content (AvgIpc) is 3.44. The van der Waals surface area contributed by atoms with Gasteiger partial charge in [0, 0.05) is 24.4 Å². The number of methoxy groups -OCH3 is 2. The van der Waals surface area contributed by atoms with Gasteiger partial charge >= 0.3 is 0 Å². The number of carbonyl (C=O) groups is 2. The molecule has 5 rings (SSSR count). The molecule has 3 aromatic carbocycles. The number of hydrogen-bond acceptors (Lipinski definition) is 7. The summed E-state index contributed by atoms with van der Waals surface area (Å²) in [6.07, 6.45) is 8.35. The van der Waals surface area contributed by atoms with Crippen LogP contribution in [0, 0.1) is 5.82 Å². The first-order valence-electron chi connectivity index (χ1n) is 14.0. The third-order valence-electron chi connectivity index (χ3n) is 7.26. The summed E-state index contributed by atoms with van der Waals surface area (Å²) in [5, 5.41) is 0. The Kier molecular flexibility index (Phi) is 9.16. The molecule has 1 amide bonds. The summed E-state index contributed by atoms with van der Waals surface area (Å²) in [7, 11) is 3.12. The zero-order valence-electron chi connectivity index (χ0n) is 23.7. The Labute approximate surface area is 244 Å². The summed E-state index contributed by atoms with van der Waals surface area (Å²) in [4.78, 5) is 31.8. The lowest BCUT2D eigenvalue weighted by atomic mass is 10.1. The molecule has 2 aliphatic rings. The largest absolute Gasteiger partial charge is 0.493 e. The Balaban J connectivity index is 1.12. The third-order valence-corrected chi connectivity index (χ3v) is 7.26. The van der Waals surface area contributed by atoms with Gasteiger partial charge in [0.1, 0.15) is 5.82 Å². The predicted molar refractivity (Wildman–Crippen MR) is 158 cm³/mol. The topological polar surface area (TPSA) is 86.7 Å². The molecule has 1 atom stereocenters. The van der Waals surface area contributed by atoms with Crippen LogP contribution >= 0.6 is 0 Å². The van der Waals surface area contributed by atoms with E-state index in [0.29, 0.717) is 53.0 Å². The first-order chi connectivity index (χ1) is 20.5. The van der Waals surface area contributed by atoms with Gasteiger partial charge in [-0.2, -0.15) is 0 Å². The molecular weight excluding hydrogens is 539 g/mol. The van der Waals surface area contributed by atoms with Crippen molar-refractivity contribution in [2.45, 2.75) is 31.7 Å². The Morgan fingerprint density at radius 2 is 1.67 bits per heavy atom. The Hall–Kier alpha value is -4.66. The Morgan fingerprint density at radius 3 is 2.40 bits per heavy atom. The van der Waals surface area contributed by atoms with Gasteiger partial charge in [-0.05, 0) is 79.8 Å². The molecule has 42 heavy (non-hydrogen) atoms. The molecule has 2 aliphatic heterocycles. The van der Waals surface area contributed by atoms with Crippen molar-refractivity contribution in [3.05, 3.63) is 83.2 Å². The second-order valence-corrected chi connectivity index (χ2v) is 10.0. The first kappa shape index (κ1) is 28.9. The highest BCUT2D eigenvalue weighted by Gasteiger charge is 2.32. The van der Waals surface area contributed by atoms with Crippen molar-refractivity contribution in [3.63, 3.8) is 0 Å². The van der Waals surface area contributed by atoms with Crippen LogP contribution < -0.4 is 18.9 Å². The van der Waals surface area contributed by atoms with Crippen molar-refractivity contribution in [2.75, 3.05) is 34.0 Å². The van der Waals surface area contributed by atoms with Crippen LogP contribution in [0.15, 0.2) is 65.7 Å². The molecule has 1 unspecified atom stereocenters. The predicted octanol–water partition coefficient (Wildman–Crippen LogP) is 6.30. The lowest BCUT2D eigenvalue weighted by Crippen LogP contribution is -2.35. The van der Waals surface area contributed by atoms with Crippen molar-refractivity contribution in [1.82, 2.24) is 4.90 Å². The van der Waals surface area contributed by atoms with E-state index in [2.05, 4.69) is 4.99 Å². The number of carbonyl (C=O) groups excluding carboxylic acids is 2. The van der Waals surface area contributed by atoms with E-state index < -0.39 is 0 Å². The summed E-state index contributed by atoms with van der Waals surface area (Å²) in [5.41, 5.74) is 2.30. The fraction of sp³-hybridized carbons (Fsp3) is 0.303. The number of ether oxygens (including phenoxy) is 4. The standard InChI is InChI=1S/C33H33FN2O6/c1-39-30-18-22(7-13-28(37)23-9-11-24(34)12-10-23)8-14-29(30)41-16-3-4-17-42-32-20-27-26(19-31(32)40-2)33(38)36-15-5-6-25(36)21-35-27/h7-14,18-21,25H,3-6,15-17H2,1-2H3/b13-7+. The van der Waals surface area contributed by atoms with Crippen molar-refractivity contribution >= 4 is 29.7 Å². The number of unbranched alkanes of at least 4 members (excludes halogenated alkanes) is 1. The molecule has 2 heterocycles. The summed E-state index contributed by atoms with van der Waals surface area (Å²) in [6, 6.07) is 14.4. The van der Waals surface area contributed by atoms with Gasteiger partial charge in [-0.25, -0.2) is 4.39 Å². The number of ketones is 1. The minimum atomic E-state index is -0.387. The highest BCUT2D eigenvalue weighted by molar-refractivity contribution is 6.06. The average molecular weight is 573 g/mol. The van der Waals surface area contributed by atoms with Gasteiger partial charge in [-0.3, -0.25) is 14.6 Å². The van der Waals surface area contributed by atoms with Crippen LogP contribution in [-0.2, 0) is 0 Å². The van der Waals surface area contributed by atoms with Gasteiger partial charge in [0.25, 0.3) is 5.91 Å². The lowest BCUT2D eigenvalue weighted by Gasteiger charge is -2.20. The zero-order valence-corrected chi connectivity index (χ0v) is 23.7. The zero-order chi connectivity index (χ0) is 29.5. The van der Waals surface area contributed by atoms with Crippen LogP contribution in [0.2, 0.25) is 0 Å². The minimum absolute atomic E-state index is 0.0232. The van der Waals surface area contributed by atoms with Crippen LogP contribution in [0.5, 0.6) is 23.0 Å². The molecule has 0 bridgehead atoms. The van der Waals surface area contributed by atoms with Gasteiger partial charge in [0.05, 0.1) is 44.7 Å². The van der Waals surface area contributed by atoms with E-state index in [1.807, 2.05) is 17.2 Å². The summed E-state index contributed by atoms with van der Waals surface area (Å²) >= 11 is 0. The number of allylic oxidation sites excluding steroid dienone is 1. The molecule has 8 nitrogen and oxygen atoms in total. The third kappa shape index (κ3) is 6.62. The number of hydrogen-bond donors (Lipinski definition) is 0. The second-order valence-electron chi connectivity index (χ2n) is 10.0. The molecule has 0 saturated carbocycles. The van der Waals surface area contributed by atoms with Gasteiger partial charge in [-0.15, -0.1) is 0 Å². The molecule has 9 heteroatoms. The maximum Gasteiger partial charge on any atom is 0.256 e. The van der Waals surface area contributed by atoms with E-state index in [9.17, 15) is 14.0 Å². The fourth-order valence-electron chi connectivity index (χ4n) is 4.98. The molecule has 1 saturated heterocycles. The van der Waals surface area contributed by atoms with E-state index in [0.717, 1.165) is 37.8 Å². The lowest BCUT2D eigenvalue weighted by molar-refractivity contribution is 0.0774. The van der Waals surface area contributed by atoms with Crippen molar-refractivity contribution in [1.29, 1.82) is 0 Å². The highest BCUT2D eigenvalue weighted by atomic mass is 19.1. The van der Waals surface area contributed by atoms with Crippen LogP contribution in [0.3, 0.4) is 0 Å². The van der Waals surface area contributed by atoms with Gasteiger partial charge in [0.2, 0.25) is 0 Å². The fourth-order valence-corrected chi connectivity index (χ4v) is 4.98. The monoisotopic (exact) mass is 572 g/mol. The molecule has 0 radical (unpaired) electrons. The van der Waals surface area contributed by atoms with Gasteiger partial charge < -0.3 is 23.8 Å². The van der Waals surface area contributed by atoms with Crippen molar-refractivity contribution < 1.29 is 32.9 Å². The van der Waals surface area contributed by atoms with Crippen LogP contribution in [0.1, 0.15) is 52.0 Å². The number of benzene rings is 3. The number of halogens is 1. The maximum atomic E-state index is 13.1. The van der Waals surface area contributed by atoms with E-state index in [1.165, 1.54) is 30.3 Å². The highest BCUT2D eigenvalue weighted by Crippen LogP contribution is 2.38. The van der Waals surface area contributed by atoms with E-state index in [-0.39, 0.29) is 23.5 Å². The van der Waals surface area contributed by atoms with Gasteiger partial charge in [-0.1, -0.05) is 12.1 Å². The smallest absolute Gasteiger partial charge is 0.256 e. The number of aliphatic imine (C=N–C) groups is 1. The molecule has 0 aliphatic carbocycles. The Morgan fingerprint density at radius 1 is 0.952 bits per heavy atom. The maximum absolute atomic E-state index is 13.1. The summed E-state index contributed by atoms with van der Waals surface area (Å²) in [5.74, 6) is 1.56. The SMILES string of the molecule is COc1cc(/C=C/C(=O)c2ccc(F)cc2)ccc1OCCCCOc1cc2c(cc1OC)C(=O)N1CCCC1C=N2. The minimum Gasteiger partial charge on any atom is -0.493 e. The van der Waals surface area contributed by atoms with Crippen LogP contribution in [0.4, 0.5) is 10.1 Å². The number of fused-ring (bicyclic) bond motifs is 2. The van der Waals surface area contributed by atoms with Crippen LogP contribution in [-0.4, -0.2) is 62.8 Å². The Bertz CT molecular complexity index is 1500.